The average molecular weight is 276 g/mol. The van der Waals surface area contributed by atoms with Crippen LogP contribution in [0, 0.1) is 0 Å². The molecule has 7 heteroatoms. The highest BCUT2D eigenvalue weighted by molar-refractivity contribution is 7.17. The molecule has 1 amide bonds. The number of morpholine rings is 1. The molecule has 1 N–H and O–H groups in total. The van der Waals surface area contributed by atoms with Gasteiger partial charge in [-0.25, -0.2) is 4.79 Å². The standard InChI is InChI=1S/C10H10ClNO4S/c11-8-2-1-7(17-8)9(13)12-3-4-16-5-6(12)10(14)15/h1-2,6H,3-5H2,(H,14,15)/t6-/m1/s1. The molecule has 2 heterocycles. The van der Waals surface area contributed by atoms with Crippen molar-refractivity contribution in [2.75, 3.05) is 19.8 Å². The van der Waals surface area contributed by atoms with Crippen LogP contribution in [0.1, 0.15) is 9.67 Å². The van der Waals surface area contributed by atoms with E-state index < -0.39 is 12.0 Å². The number of carboxylic acids is 1. The Morgan fingerprint density at radius 1 is 1.53 bits per heavy atom. The van der Waals surface area contributed by atoms with Gasteiger partial charge in [0.05, 0.1) is 22.4 Å². The third kappa shape index (κ3) is 2.59. The Balaban J connectivity index is 2.19. The van der Waals surface area contributed by atoms with Crippen molar-refractivity contribution in [2.24, 2.45) is 0 Å². The van der Waals surface area contributed by atoms with Crippen molar-refractivity contribution in [2.45, 2.75) is 6.04 Å². The van der Waals surface area contributed by atoms with Gasteiger partial charge in [0.1, 0.15) is 0 Å². The van der Waals surface area contributed by atoms with E-state index in [1.165, 1.54) is 4.90 Å². The Bertz CT molecular complexity index is 447. The summed E-state index contributed by atoms with van der Waals surface area (Å²) in [5.74, 6) is -1.36. The van der Waals surface area contributed by atoms with Gasteiger partial charge in [-0.2, -0.15) is 0 Å². The van der Waals surface area contributed by atoms with Crippen LogP contribution < -0.4 is 0 Å². The fraction of sp³-hybridized carbons (Fsp3) is 0.400. The molecule has 1 aromatic heterocycles. The van der Waals surface area contributed by atoms with Gasteiger partial charge in [0.15, 0.2) is 6.04 Å². The molecule has 1 atom stereocenters. The van der Waals surface area contributed by atoms with E-state index in [9.17, 15) is 9.59 Å². The molecule has 1 aliphatic rings. The van der Waals surface area contributed by atoms with Gasteiger partial charge in [-0.05, 0) is 12.1 Å². The van der Waals surface area contributed by atoms with Gasteiger partial charge in [0.25, 0.3) is 5.91 Å². The number of carbonyl (C=O) groups is 2. The van der Waals surface area contributed by atoms with E-state index in [2.05, 4.69) is 0 Å². The Labute approximate surface area is 107 Å². The zero-order valence-corrected chi connectivity index (χ0v) is 10.3. The van der Waals surface area contributed by atoms with Crippen molar-refractivity contribution in [3.8, 4) is 0 Å². The third-order valence-electron chi connectivity index (χ3n) is 2.46. The van der Waals surface area contributed by atoms with E-state index in [0.29, 0.717) is 15.8 Å². The lowest BCUT2D eigenvalue weighted by molar-refractivity contribution is -0.147. The zero-order valence-electron chi connectivity index (χ0n) is 8.76. The SMILES string of the molecule is O=C(O)[C@H]1COCCN1C(=O)c1ccc(Cl)s1. The molecular formula is C10H10ClNO4S. The largest absolute Gasteiger partial charge is 0.480 e. The summed E-state index contributed by atoms with van der Waals surface area (Å²) in [5, 5.41) is 9.01. The van der Waals surface area contributed by atoms with E-state index in [1.54, 1.807) is 12.1 Å². The number of thiophene rings is 1. The van der Waals surface area contributed by atoms with Crippen molar-refractivity contribution in [3.05, 3.63) is 21.3 Å². The predicted molar refractivity (Wildman–Crippen MR) is 62.6 cm³/mol. The molecule has 0 radical (unpaired) electrons. The topological polar surface area (TPSA) is 66.8 Å². The van der Waals surface area contributed by atoms with Crippen molar-refractivity contribution in [3.63, 3.8) is 0 Å². The molecule has 0 spiro atoms. The second-order valence-electron chi connectivity index (χ2n) is 3.53. The van der Waals surface area contributed by atoms with E-state index >= 15 is 0 Å². The summed E-state index contributed by atoms with van der Waals surface area (Å²) in [6.45, 7) is 0.667. The van der Waals surface area contributed by atoms with Gasteiger partial charge in [0.2, 0.25) is 0 Å². The summed E-state index contributed by atoms with van der Waals surface area (Å²) in [7, 11) is 0. The summed E-state index contributed by atoms with van der Waals surface area (Å²) in [4.78, 5) is 24.9. The number of carbonyl (C=O) groups excluding carboxylic acids is 1. The van der Waals surface area contributed by atoms with Crippen LogP contribution in [-0.4, -0.2) is 47.7 Å². The minimum atomic E-state index is -1.05. The number of nitrogens with zero attached hydrogens (tertiary/aromatic N) is 1. The minimum Gasteiger partial charge on any atom is -0.480 e. The van der Waals surface area contributed by atoms with Gasteiger partial charge >= 0.3 is 5.97 Å². The van der Waals surface area contributed by atoms with Crippen LogP contribution in [-0.2, 0) is 9.53 Å². The molecule has 0 aliphatic carbocycles. The second kappa shape index (κ2) is 5.03. The van der Waals surface area contributed by atoms with Crippen LogP contribution in [0.25, 0.3) is 0 Å². The number of aliphatic carboxylic acids is 1. The highest BCUT2D eigenvalue weighted by Gasteiger charge is 2.33. The molecule has 1 aromatic rings. The lowest BCUT2D eigenvalue weighted by Gasteiger charge is -2.32. The summed E-state index contributed by atoms with van der Waals surface area (Å²) in [5.41, 5.74) is 0. The summed E-state index contributed by atoms with van der Waals surface area (Å²) < 4.78 is 5.58. The molecule has 92 valence electrons. The smallest absolute Gasteiger partial charge is 0.328 e. The first kappa shape index (κ1) is 12.3. The van der Waals surface area contributed by atoms with Crippen LogP contribution in [0.4, 0.5) is 0 Å². The van der Waals surface area contributed by atoms with E-state index in [1.807, 2.05) is 0 Å². The van der Waals surface area contributed by atoms with Gasteiger partial charge in [-0.1, -0.05) is 11.6 Å². The van der Waals surface area contributed by atoms with Crippen LogP contribution in [0.15, 0.2) is 12.1 Å². The lowest BCUT2D eigenvalue weighted by Crippen LogP contribution is -2.52. The maximum absolute atomic E-state index is 12.1. The second-order valence-corrected chi connectivity index (χ2v) is 5.25. The van der Waals surface area contributed by atoms with Crippen LogP contribution in [0.5, 0.6) is 0 Å². The molecule has 0 bridgehead atoms. The fourth-order valence-corrected chi connectivity index (χ4v) is 2.62. The Hall–Kier alpha value is -1.11. The molecule has 0 aromatic carbocycles. The zero-order chi connectivity index (χ0) is 12.4. The van der Waals surface area contributed by atoms with Gasteiger partial charge in [-0.15, -0.1) is 11.3 Å². The highest BCUT2D eigenvalue weighted by Crippen LogP contribution is 2.24. The molecule has 17 heavy (non-hydrogen) atoms. The van der Waals surface area contributed by atoms with Crippen molar-refractivity contribution < 1.29 is 19.4 Å². The Kier molecular flexibility index (Phi) is 3.66. The van der Waals surface area contributed by atoms with Crippen LogP contribution in [0.2, 0.25) is 4.34 Å². The number of rotatable bonds is 2. The van der Waals surface area contributed by atoms with E-state index in [0.717, 1.165) is 11.3 Å². The van der Waals surface area contributed by atoms with Crippen molar-refractivity contribution in [1.82, 2.24) is 4.90 Å². The Morgan fingerprint density at radius 3 is 2.88 bits per heavy atom. The lowest BCUT2D eigenvalue weighted by atomic mass is 10.2. The maximum Gasteiger partial charge on any atom is 0.328 e. The van der Waals surface area contributed by atoms with Crippen molar-refractivity contribution in [1.29, 1.82) is 0 Å². The summed E-state index contributed by atoms with van der Waals surface area (Å²) >= 11 is 6.89. The Morgan fingerprint density at radius 2 is 2.29 bits per heavy atom. The molecular weight excluding hydrogens is 266 g/mol. The minimum absolute atomic E-state index is 0.0280. The molecule has 0 saturated carbocycles. The first-order chi connectivity index (χ1) is 8.09. The number of hydrogen-bond acceptors (Lipinski definition) is 4. The normalized spacial score (nSPS) is 20.3. The van der Waals surface area contributed by atoms with Crippen LogP contribution >= 0.6 is 22.9 Å². The van der Waals surface area contributed by atoms with Gasteiger partial charge in [-0.3, -0.25) is 4.79 Å². The quantitative estimate of drug-likeness (QED) is 0.884. The van der Waals surface area contributed by atoms with Gasteiger partial charge in [0, 0.05) is 6.54 Å². The number of halogens is 1. The summed E-state index contributed by atoms with van der Waals surface area (Å²) in [6, 6.07) is 2.30. The molecule has 5 nitrogen and oxygen atoms in total. The average Bonchev–Trinajstić information content (AvgIpc) is 2.75. The number of hydrogen-bond donors (Lipinski definition) is 1. The fourth-order valence-electron chi connectivity index (χ4n) is 1.62. The number of carboxylic acid groups (broad SMARTS) is 1. The molecule has 1 saturated heterocycles. The summed E-state index contributed by atoms with van der Waals surface area (Å²) in [6.07, 6.45) is 0. The first-order valence-corrected chi connectivity index (χ1v) is 6.16. The highest BCUT2D eigenvalue weighted by atomic mass is 35.5. The van der Waals surface area contributed by atoms with Crippen LogP contribution in [0.3, 0.4) is 0 Å². The molecule has 1 aliphatic heterocycles. The molecule has 0 unspecified atom stereocenters. The number of ether oxygens (including phenoxy) is 1. The van der Waals surface area contributed by atoms with E-state index in [4.69, 9.17) is 21.4 Å². The molecule has 1 fully saturated rings. The van der Waals surface area contributed by atoms with Gasteiger partial charge < -0.3 is 14.7 Å². The van der Waals surface area contributed by atoms with Crippen molar-refractivity contribution >= 4 is 34.8 Å². The molecule has 2 rings (SSSR count). The number of amides is 1. The monoisotopic (exact) mass is 275 g/mol. The maximum atomic E-state index is 12.1. The van der Waals surface area contributed by atoms with E-state index in [-0.39, 0.29) is 19.1 Å². The first-order valence-electron chi connectivity index (χ1n) is 4.96. The predicted octanol–water partition coefficient (Wildman–Crippen LogP) is 1.33. The third-order valence-corrected chi connectivity index (χ3v) is 3.68.